The van der Waals surface area contributed by atoms with Gasteiger partial charge in [-0.2, -0.15) is 0 Å². The number of nitrogens with two attached hydrogens (primary N) is 1. The van der Waals surface area contributed by atoms with Crippen molar-refractivity contribution in [2.75, 3.05) is 26.5 Å². The molecule has 0 aliphatic carbocycles. The smallest absolute Gasteiger partial charge is 0.328 e. The third-order valence-electron chi connectivity index (χ3n) is 2.37. The van der Waals surface area contributed by atoms with E-state index in [0.717, 1.165) is 0 Å². The molecule has 0 saturated carbocycles. The van der Waals surface area contributed by atoms with Gasteiger partial charge in [0, 0.05) is 12.6 Å². The SMILES string of the molecule is CCNC(=O)NS(=O)(=O)c1cc(N)c(OC)cc1OC. The number of carbonyl (C=O) groups is 1. The molecule has 0 atom stereocenters. The topological polar surface area (TPSA) is 120 Å². The monoisotopic (exact) mass is 303 g/mol. The Balaban J connectivity index is 3.24. The maximum atomic E-state index is 12.1. The molecule has 112 valence electrons. The van der Waals surface area contributed by atoms with Crippen LogP contribution in [0.15, 0.2) is 17.0 Å². The van der Waals surface area contributed by atoms with Gasteiger partial charge < -0.3 is 20.5 Å². The van der Waals surface area contributed by atoms with Gasteiger partial charge in [0.25, 0.3) is 10.0 Å². The predicted molar refractivity (Wildman–Crippen MR) is 73.4 cm³/mol. The summed E-state index contributed by atoms with van der Waals surface area (Å²) in [5.74, 6) is 0.298. The molecule has 1 aromatic carbocycles. The average molecular weight is 303 g/mol. The molecule has 0 spiro atoms. The minimum absolute atomic E-state index is 0.0212. The second-order valence-electron chi connectivity index (χ2n) is 3.71. The van der Waals surface area contributed by atoms with Crippen molar-refractivity contribution in [3.8, 4) is 11.5 Å². The van der Waals surface area contributed by atoms with Gasteiger partial charge in [-0.1, -0.05) is 0 Å². The Bertz CT molecular complexity index is 600. The van der Waals surface area contributed by atoms with Gasteiger partial charge in [-0.25, -0.2) is 17.9 Å². The fraction of sp³-hybridized carbons (Fsp3) is 0.364. The van der Waals surface area contributed by atoms with Crippen LogP contribution >= 0.6 is 0 Å². The van der Waals surface area contributed by atoms with Gasteiger partial charge in [0.15, 0.2) is 0 Å². The minimum Gasteiger partial charge on any atom is -0.495 e. The Labute approximate surface area is 117 Å². The molecule has 0 unspecified atom stereocenters. The zero-order valence-electron chi connectivity index (χ0n) is 11.4. The molecule has 0 saturated heterocycles. The lowest BCUT2D eigenvalue weighted by atomic mass is 10.3. The van der Waals surface area contributed by atoms with Crippen LogP contribution in [0.3, 0.4) is 0 Å². The van der Waals surface area contributed by atoms with Crippen molar-refractivity contribution in [3.05, 3.63) is 12.1 Å². The molecule has 0 aliphatic rings. The number of hydrogen-bond acceptors (Lipinski definition) is 6. The summed E-state index contributed by atoms with van der Waals surface area (Å²) in [7, 11) is -1.40. The quantitative estimate of drug-likeness (QED) is 0.673. The Morgan fingerprint density at radius 1 is 1.25 bits per heavy atom. The maximum absolute atomic E-state index is 12.1. The summed E-state index contributed by atoms with van der Waals surface area (Å²) in [5, 5.41) is 2.32. The van der Waals surface area contributed by atoms with Crippen molar-refractivity contribution in [2.45, 2.75) is 11.8 Å². The van der Waals surface area contributed by atoms with E-state index in [1.807, 2.05) is 4.72 Å². The van der Waals surface area contributed by atoms with Crippen molar-refractivity contribution in [3.63, 3.8) is 0 Å². The molecular formula is C11H17N3O5S. The molecule has 0 aliphatic heterocycles. The lowest BCUT2D eigenvalue weighted by Gasteiger charge is -2.13. The summed E-state index contributed by atoms with van der Waals surface area (Å²) in [6, 6.07) is 1.67. The third kappa shape index (κ3) is 3.44. The lowest BCUT2D eigenvalue weighted by Crippen LogP contribution is -2.39. The Morgan fingerprint density at radius 3 is 2.35 bits per heavy atom. The van der Waals surface area contributed by atoms with Crippen molar-refractivity contribution in [2.24, 2.45) is 0 Å². The third-order valence-corrected chi connectivity index (χ3v) is 3.72. The van der Waals surface area contributed by atoms with E-state index < -0.39 is 16.1 Å². The van der Waals surface area contributed by atoms with Gasteiger partial charge in [-0.3, -0.25) is 0 Å². The first-order valence-corrected chi connectivity index (χ1v) is 7.16. The average Bonchev–Trinajstić information content (AvgIpc) is 2.38. The molecule has 1 aromatic rings. The number of sulfonamides is 1. The number of urea groups is 1. The molecule has 0 bridgehead atoms. The van der Waals surface area contributed by atoms with E-state index in [1.165, 1.54) is 26.4 Å². The molecule has 9 heteroatoms. The second-order valence-corrected chi connectivity index (χ2v) is 5.36. The molecule has 2 amide bonds. The highest BCUT2D eigenvalue weighted by molar-refractivity contribution is 7.90. The maximum Gasteiger partial charge on any atom is 0.328 e. The lowest BCUT2D eigenvalue weighted by molar-refractivity contribution is 0.246. The number of ether oxygens (including phenoxy) is 2. The van der Waals surface area contributed by atoms with Crippen molar-refractivity contribution >= 4 is 21.7 Å². The van der Waals surface area contributed by atoms with Crippen LogP contribution in [0.5, 0.6) is 11.5 Å². The molecule has 0 aromatic heterocycles. The van der Waals surface area contributed by atoms with E-state index in [2.05, 4.69) is 5.32 Å². The van der Waals surface area contributed by atoms with Gasteiger partial charge >= 0.3 is 6.03 Å². The Hall–Kier alpha value is -2.16. The molecule has 0 radical (unpaired) electrons. The molecular weight excluding hydrogens is 286 g/mol. The highest BCUT2D eigenvalue weighted by Crippen LogP contribution is 2.33. The predicted octanol–water partition coefficient (Wildman–Crippen LogP) is 0.294. The number of hydrogen-bond donors (Lipinski definition) is 3. The van der Waals surface area contributed by atoms with Gasteiger partial charge in [0.2, 0.25) is 0 Å². The number of methoxy groups -OCH3 is 2. The van der Waals surface area contributed by atoms with Crippen LogP contribution in [0, 0.1) is 0 Å². The van der Waals surface area contributed by atoms with Gasteiger partial charge in [-0.15, -0.1) is 0 Å². The Kier molecular flexibility index (Phi) is 5.03. The number of nitrogens with one attached hydrogen (secondary N) is 2. The van der Waals surface area contributed by atoms with Crippen LogP contribution in [-0.4, -0.2) is 35.2 Å². The number of rotatable bonds is 5. The van der Waals surface area contributed by atoms with E-state index in [0.29, 0.717) is 6.54 Å². The van der Waals surface area contributed by atoms with E-state index in [4.69, 9.17) is 15.2 Å². The summed E-state index contributed by atoms with van der Waals surface area (Å²) in [4.78, 5) is 11.1. The van der Waals surface area contributed by atoms with Crippen molar-refractivity contribution in [1.82, 2.24) is 10.0 Å². The summed E-state index contributed by atoms with van der Waals surface area (Å²) in [6.45, 7) is 1.96. The highest BCUT2D eigenvalue weighted by atomic mass is 32.2. The van der Waals surface area contributed by atoms with Crippen molar-refractivity contribution in [1.29, 1.82) is 0 Å². The highest BCUT2D eigenvalue weighted by Gasteiger charge is 2.23. The molecule has 8 nitrogen and oxygen atoms in total. The fourth-order valence-electron chi connectivity index (χ4n) is 1.48. The molecule has 0 fully saturated rings. The van der Waals surface area contributed by atoms with Crippen LogP contribution in [0.1, 0.15) is 6.92 Å². The van der Waals surface area contributed by atoms with E-state index in [9.17, 15) is 13.2 Å². The minimum atomic E-state index is -4.09. The van der Waals surface area contributed by atoms with Gasteiger partial charge in [0.1, 0.15) is 16.4 Å². The second kappa shape index (κ2) is 6.33. The number of amides is 2. The first-order valence-electron chi connectivity index (χ1n) is 5.67. The normalized spacial score (nSPS) is 10.8. The largest absolute Gasteiger partial charge is 0.495 e. The van der Waals surface area contributed by atoms with E-state index in [1.54, 1.807) is 6.92 Å². The summed E-state index contributed by atoms with van der Waals surface area (Å²) in [5.41, 5.74) is 5.78. The van der Waals surface area contributed by atoms with Gasteiger partial charge in [-0.05, 0) is 13.0 Å². The fourth-order valence-corrected chi connectivity index (χ4v) is 2.59. The zero-order valence-corrected chi connectivity index (χ0v) is 12.2. The summed E-state index contributed by atoms with van der Waals surface area (Å²) < 4.78 is 36.0. The number of carbonyl (C=O) groups excluding carboxylic acids is 1. The van der Waals surface area contributed by atoms with Crippen LogP contribution < -0.4 is 25.2 Å². The molecule has 4 N–H and O–H groups in total. The molecule has 20 heavy (non-hydrogen) atoms. The van der Waals surface area contributed by atoms with Crippen LogP contribution in [-0.2, 0) is 10.0 Å². The van der Waals surface area contributed by atoms with E-state index in [-0.39, 0.29) is 22.1 Å². The van der Waals surface area contributed by atoms with Crippen LogP contribution in [0.2, 0.25) is 0 Å². The Morgan fingerprint density at radius 2 is 1.85 bits per heavy atom. The first kappa shape index (κ1) is 15.9. The molecule has 1 rings (SSSR count). The number of anilines is 1. The van der Waals surface area contributed by atoms with Gasteiger partial charge in [0.05, 0.1) is 19.9 Å². The zero-order chi connectivity index (χ0) is 15.3. The first-order chi connectivity index (χ1) is 9.35. The number of benzene rings is 1. The number of nitrogen functional groups attached to an aromatic ring is 1. The summed E-state index contributed by atoms with van der Waals surface area (Å²) >= 11 is 0. The van der Waals surface area contributed by atoms with E-state index >= 15 is 0 Å². The standard InChI is InChI=1S/C11H17N3O5S/c1-4-13-11(15)14-20(16,17)10-5-7(12)8(18-2)6-9(10)19-3/h5-6H,4,12H2,1-3H3,(H2,13,14,15). The van der Waals surface area contributed by atoms with Crippen LogP contribution in [0.4, 0.5) is 10.5 Å². The van der Waals surface area contributed by atoms with Crippen molar-refractivity contribution < 1.29 is 22.7 Å². The molecule has 0 heterocycles. The summed E-state index contributed by atoms with van der Waals surface area (Å²) in [6.07, 6.45) is 0. The van der Waals surface area contributed by atoms with Crippen LogP contribution in [0.25, 0.3) is 0 Å².